The third-order valence-corrected chi connectivity index (χ3v) is 13.9. The first-order valence-electron chi connectivity index (χ1n) is 13.6. The van der Waals surface area contributed by atoms with Crippen molar-refractivity contribution in [3.8, 4) is 5.88 Å². The van der Waals surface area contributed by atoms with E-state index in [4.69, 9.17) is 19.0 Å². The van der Waals surface area contributed by atoms with Gasteiger partial charge in [0.2, 0.25) is 5.88 Å². The van der Waals surface area contributed by atoms with Gasteiger partial charge in [0, 0.05) is 26.0 Å². The molecular weight excluding hydrogens is 566 g/mol. The number of amides is 1. The van der Waals surface area contributed by atoms with Crippen LogP contribution in [0.3, 0.4) is 0 Å². The van der Waals surface area contributed by atoms with Gasteiger partial charge in [0.15, 0.2) is 8.32 Å². The lowest BCUT2D eigenvalue weighted by atomic mass is 10.0. The number of anilines is 1. The Hall–Kier alpha value is -2.78. The molecule has 1 fully saturated rings. The molecule has 12 nitrogen and oxygen atoms in total. The molecular formula is C27H41N5O7SSi. The number of nitrogens with one attached hydrogen (secondary N) is 1. The van der Waals surface area contributed by atoms with E-state index in [-0.39, 0.29) is 27.9 Å². The summed E-state index contributed by atoms with van der Waals surface area (Å²) in [7, 11) is -5.27. The minimum Gasteiger partial charge on any atom is -0.474 e. The van der Waals surface area contributed by atoms with Crippen molar-refractivity contribution >= 4 is 30.4 Å². The summed E-state index contributed by atoms with van der Waals surface area (Å²) < 4.78 is 43.3. The molecule has 1 amide bonds. The SMILES string of the molecule is CO[C@H]1Cc2ccccc2[C@H]1Nc1cc(O[C@@H]2CC[C@](CN(C(=O)O)S(N)(=O)=O)(O[Si](C)(C)C(C)(C)C)C2)ncn1. The maximum atomic E-state index is 12.2. The van der Waals surface area contributed by atoms with Crippen molar-refractivity contribution in [3.05, 3.63) is 47.8 Å². The second-order valence-corrected chi connectivity index (χ2v) is 18.6. The normalized spacial score (nSPS) is 24.6. The largest absolute Gasteiger partial charge is 0.474 e. The van der Waals surface area contributed by atoms with Crippen LogP contribution >= 0.6 is 0 Å². The summed E-state index contributed by atoms with van der Waals surface area (Å²) in [5.41, 5.74) is 1.29. The fourth-order valence-electron chi connectivity index (χ4n) is 5.40. The molecule has 2 aliphatic rings. The molecule has 0 unspecified atom stereocenters. The maximum absolute atomic E-state index is 12.2. The van der Waals surface area contributed by atoms with E-state index in [1.807, 2.05) is 25.2 Å². The van der Waals surface area contributed by atoms with Gasteiger partial charge < -0.3 is 24.3 Å². The highest BCUT2D eigenvalue weighted by atomic mass is 32.2. The number of rotatable bonds is 10. The van der Waals surface area contributed by atoms with Crippen LogP contribution < -0.4 is 15.2 Å². The fraction of sp³-hybridized carbons (Fsp3) is 0.593. The monoisotopic (exact) mass is 607 g/mol. The molecule has 1 aromatic carbocycles. The number of nitrogens with two attached hydrogens (primary N) is 1. The predicted molar refractivity (Wildman–Crippen MR) is 156 cm³/mol. The van der Waals surface area contributed by atoms with Gasteiger partial charge in [-0.3, -0.25) is 0 Å². The average Bonchev–Trinajstić information content (AvgIpc) is 3.42. The molecule has 0 radical (unpaired) electrons. The molecule has 0 spiro atoms. The van der Waals surface area contributed by atoms with Gasteiger partial charge in [0.25, 0.3) is 0 Å². The Balaban J connectivity index is 1.53. The Morgan fingerprint density at radius 1 is 1.27 bits per heavy atom. The highest BCUT2D eigenvalue weighted by Crippen LogP contribution is 2.45. The van der Waals surface area contributed by atoms with Crippen LogP contribution in [0.4, 0.5) is 10.6 Å². The van der Waals surface area contributed by atoms with Gasteiger partial charge in [-0.1, -0.05) is 45.0 Å². The number of ether oxygens (including phenoxy) is 2. The van der Waals surface area contributed by atoms with Crippen molar-refractivity contribution in [2.45, 2.75) is 88.4 Å². The lowest BCUT2D eigenvalue weighted by molar-refractivity contribution is 0.0304. The first kappa shape index (κ1) is 31.2. The fourth-order valence-corrected chi connectivity index (χ4v) is 7.67. The van der Waals surface area contributed by atoms with Gasteiger partial charge in [-0.2, -0.15) is 12.7 Å². The maximum Gasteiger partial charge on any atom is 0.422 e. The average molecular weight is 608 g/mol. The third-order valence-electron chi connectivity index (χ3n) is 8.47. The van der Waals surface area contributed by atoms with E-state index in [1.165, 1.54) is 11.9 Å². The number of fused-ring (bicyclic) bond motifs is 1. The van der Waals surface area contributed by atoms with Crippen LogP contribution in [0.15, 0.2) is 36.7 Å². The molecule has 1 aromatic heterocycles. The summed E-state index contributed by atoms with van der Waals surface area (Å²) in [6, 6.07) is 9.82. The summed E-state index contributed by atoms with van der Waals surface area (Å²) in [5, 5.41) is 18.2. The molecule has 41 heavy (non-hydrogen) atoms. The topological polar surface area (TPSA) is 166 Å². The predicted octanol–water partition coefficient (Wildman–Crippen LogP) is 4.08. The van der Waals surface area contributed by atoms with Gasteiger partial charge in [-0.15, -0.1) is 0 Å². The van der Waals surface area contributed by atoms with Gasteiger partial charge in [0.05, 0.1) is 24.3 Å². The molecule has 0 bridgehead atoms. The Kier molecular flexibility index (Phi) is 8.72. The van der Waals surface area contributed by atoms with Crippen LogP contribution in [0.2, 0.25) is 18.1 Å². The van der Waals surface area contributed by atoms with Gasteiger partial charge in [0.1, 0.15) is 18.2 Å². The van der Waals surface area contributed by atoms with Crippen molar-refractivity contribution in [3.63, 3.8) is 0 Å². The van der Waals surface area contributed by atoms with Gasteiger partial charge in [-0.05, 0) is 42.1 Å². The number of hydrogen-bond acceptors (Lipinski definition) is 9. The van der Waals surface area contributed by atoms with Gasteiger partial charge >= 0.3 is 16.3 Å². The van der Waals surface area contributed by atoms with Crippen molar-refractivity contribution in [2.75, 3.05) is 19.0 Å². The van der Waals surface area contributed by atoms with Crippen molar-refractivity contribution in [2.24, 2.45) is 5.14 Å². The number of hydrogen-bond donors (Lipinski definition) is 3. The van der Waals surface area contributed by atoms with Gasteiger partial charge in [-0.25, -0.2) is 19.9 Å². The van der Waals surface area contributed by atoms with E-state index in [0.29, 0.717) is 24.5 Å². The lowest BCUT2D eigenvalue weighted by Gasteiger charge is -2.45. The van der Waals surface area contributed by atoms with E-state index in [2.05, 4.69) is 48.2 Å². The number of carbonyl (C=O) groups is 1. The number of carboxylic acid groups (broad SMARTS) is 1. The minimum atomic E-state index is -4.51. The van der Waals surface area contributed by atoms with E-state index in [0.717, 1.165) is 12.0 Å². The summed E-state index contributed by atoms with van der Waals surface area (Å²) in [4.78, 5) is 20.5. The second kappa shape index (κ2) is 11.5. The van der Waals surface area contributed by atoms with Crippen LogP contribution in [0, 0.1) is 0 Å². The second-order valence-electron chi connectivity index (χ2n) is 12.4. The molecule has 4 N–H and O–H groups in total. The first-order chi connectivity index (χ1) is 19.0. The molecule has 14 heteroatoms. The highest BCUT2D eigenvalue weighted by molar-refractivity contribution is 7.87. The minimum absolute atomic E-state index is 0.0503. The van der Waals surface area contributed by atoms with E-state index < -0.39 is 42.9 Å². The van der Waals surface area contributed by atoms with Crippen LogP contribution in [-0.4, -0.2) is 73.7 Å². The number of benzene rings is 1. The summed E-state index contributed by atoms with van der Waals surface area (Å²) in [6.07, 6.45) is 1.31. The van der Waals surface area contributed by atoms with Crippen LogP contribution in [0.1, 0.15) is 57.2 Å². The number of methoxy groups -OCH3 is 1. The van der Waals surface area contributed by atoms with Crippen LogP contribution in [0.5, 0.6) is 5.88 Å². The molecule has 2 aliphatic carbocycles. The van der Waals surface area contributed by atoms with Crippen molar-refractivity contribution in [1.29, 1.82) is 0 Å². The number of nitrogens with zero attached hydrogens (tertiary/aromatic N) is 3. The summed E-state index contributed by atoms with van der Waals surface area (Å²) >= 11 is 0. The van der Waals surface area contributed by atoms with E-state index >= 15 is 0 Å². The van der Waals surface area contributed by atoms with E-state index in [9.17, 15) is 18.3 Å². The zero-order valence-corrected chi connectivity index (χ0v) is 26.3. The highest BCUT2D eigenvalue weighted by Gasteiger charge is 2.51. The zero-order chi connectivity index (χ0) is 30.2. The third kappa shape index (κ3) is 7.00. The Morgan fingerprint density at radius 3 is 2.61 bits per heavy atom. The standard InChI is InChI=1S/C27H41N5O7SSi/c1-26(2,3)41(5,6)39-27(16-32(25(33)34)40(28,35)36)12-11-19(15-27)38-23-14-22(29-17-30-23)31-24-20-10-8-7-9-18(20)13-21(24)37-4/h7-10,14,17,19,21,24H,11-13,15-16H2,1-6H3,(H,33,34)(H2,28,35,36)(H,29,30,31)/t19-,21+,24-,27+/m1/s1. The van der Waals surface area contributed by atoms with Crippen LogP contribution in [0.25, 0.3) is 0 Å². The Bertz CT molecular complexity index is 1370. The molecule has 4 atom stereocenters. The molecule has 226 valence electrons. The smallest absolute Gasteiger partial charge is 0.422 e. The number of aromatic nitrogens is 2. The summed E-state index contributed by atoms with van der Waals surface area (Å²) in [6.45, 7) is 9.87. The molecule has 1 saturated carbocycles. The molecule has 2 aromatic rings. The Morgan fingerprint density at radius 2 is 1.98 bits per heavy atom. The zero-order valence-electron chi connectivity index (χ0n) is 24.5. The Labute approximate surface area is 242 Å². The molecule has 0 saturated heterocycles. The summed E-state index contributed by atoms with van der Waals surface area (Å²) in [5.74, 6) is 0.921. The quantitative estimate of drug-likeness (QED) is 0.335. The molecule has 1 heterocycles. The lowest BCUT2D eigenvalue weighted by Crippen LogP contribution is -2.56. The van der Waals surface area contributed by atoms with Crippen LogP contribution in [-0.2, 0) is 25.8 Å². The van der Waals surface area contributed by atoms with Crippen molar-refractivity contribution in [1.82, 2.24) is 14.3 Å². The molecule has 4 rings (SSSR count). The van der Waals surface area contributed by atoms with E-state index in [1.54, 1.807) is 13.2 Å². The molecule has 0 aliphatic heterocycles. The van der Waals surface area contributed by atoms with Crippen molar-refractivity contribution < 1.29 is 32.2 Å². The first-order valence-corrected chi connectivity index (χ1v) is 18.0.